The minimum atomic E-state index is -4.42. The molecular formula is C26H33F3N2O4. The third kappa shape index (κ3) is 7.86. The van der Waals surface area contributed by atoms with E-state index in [1.165, 1.54) is 6.07 Å². The molecule has 2 atom stereocenters. The summed E-state index contributed by atoms with van der Waals surface area (Å²) in [6.07, 6.45) is -0.350. The standard InChI is InChI=1S/C26H33F3N2O4/c1-17(31-10-12-34-22-6-2-3-7-23(22)35-16-26(27,28)29)13-18-14-20-9-8-19(5-4-11-32)24(20)21(15-18)25(30)33/h2-3,6-7,14-15,17,19,31-32H,4-5,8-13,16H2,1H3,(H2,30,33). The van der Waals surface area contributed by atoms with E-state index in [-0.39, 0.29) is 36.7 Å². The van der Waals surface area contributed by atoms with Gasteiger partial charge in [-0.15, -0.1) is 0 Å². The molecule has 1 aliphatic rings. The van der Waals surface area contributed by atoms with Gasteiger partial charge in [0.25, 0.3) is 0 Å². The van der Waals surface area contributed by atoms with Crippen LogP contribution in [0.5, 0.6) is 11.5 Å². The van der Waals surface area contributed by atoms with E-state index in [4.69, 9.17) is 20.3 Å². The molecule has 35 heavy (non-hydrogen) atoms. The first-order chi connectivity index (χ1) is 16.7. The second-order valence-electron chi connectivity index (χ2n) is 8.94. The molecule has 4 N–H and O–H groups in total. The van der Waals surface area contributed by atoms with E-state index in [0.29, 0.717) is 24.9 Å². The molecule has 2 unspecified atom stereocenters. The first-order valence-corrected chi connectivity index (χ1v) is 11.9. The lowest BCUT2D eigenvalue weighted by Crippen LogP contribution is -2.32. The number of hydrogen-bond acceptors (Lipinski definition) is 5. The third-order valence-electron chi connectivity index (χ3n) is 6.11. The summed E-state index contributed by atoms with van der Waals surface area (Å²) in [6.45, 7) is 1.50. The Hall–Kier alpha value is -2.78. The summed E-state index contributed by atoms with van der Waals surface area (Å²) in [5.74, 6) is 0.128. The molecular weight excluding hydrogens is 461 g/mol. The Labute approximate surface area is 203 Å². The van der Waals surface area contributed by atoms with Gasteiger partial charge in [-0.3, -0.25) is 4.79 Å². The number of alkyl halides is 3. The van der Waals surface area contributed by atoms with Gasteiger partial charge in [-0.05, 0) is 79.8 Å². The van der Waals surface area contributed by atoms with E-state index in [1.807, 2.05) is 13.0 Å². The molecule has 0 heterocycles. The average molecular weight is 495 g/mol. The van der Waals surface area contributed by atoms with Gasteiger partial charge in [-0.25, -0.2) is 0 Å². The van der Waals surface area contributed by atoms with Crippen LogP contribution in [0.4, 0.5) is 13.2 Å². The van der Waals surface area contributed by atoms with Crippen molar-refractivity contribution in [2.24, 2.45) is 5.73 Å². The van der Waals surface area contributed by atoms with E-state index in [2.05, 4.69) is 11.4 Å². The molecule has 0 aliphatic heterocycles. The number of rotatable bonds is 13. The van der Waals surface area contributed by atoms with Crippen molar-refractivity contribution in [2.45, 2.75) is 57.2 Å². The molecule has 0 saturated carbocycles. The molecule has 1 amide bonds. The number of aryl methyl sites for hydroxylation is 1. The number of ether oxygens (including phenoxy) is 2. The molecule has 9 heteroatoms. The predicted octanol–water partition coefficient (Wildman–Crippen LogP) is 4.13. The summed E-state index contributed by atoms with van der Waals surface area (Å²) >= 11 is 0. The first-order valence-electron chi connectivity index (χ1n) is 11.9. The Balaban J connectivity index is 1.53. The molecule has 2 aromatic carbocycles. The lowest BCUT2D eigenvalue weighted by molar-refractivity contribution is -0.153. The van der Waals surface area contributed by atoms with Gasteiger partial charge in [0.1, 0.15) is 6.61 Å². The zero-order chi connectivity index (χ0) is 25.4. The normalized spacial score (nSPS) is 16.1. The molecule has 0 saturated heterocycles. The number of carbonyl (C=O) groups excluding carboxylic acids is 1. The number of carbonyl (C=O) groups is 1. The van der Waals surface area contributed by atoms with Gasteiger partial charge >= 0.3 is 6.18 Å². The van der Waals surface area contributed by atoms with E-state index >= 15 is 0 Å². The Morgan fingerprint density at radius 1 is 1.23 bits per heavy atom. The fourth-order valence-corrected chi connectivity index (χ4v) is 4.63. The molecule has 0 spiro atoms. The minimum absolute atomic E-state index is 0.0484. The SMILES string of the molecule is CC(Cc1cc2c(c(C(N)=O)c1)C(CCCO)CC2)NCCOc1ccccc1OCC(F)(F)F. The van der Waals surface area contributed by atoms with Crippen LogP contribution in [0.3, 0.4) is 0 Å². The average Bonchev–Trinajstić information content (AvgIpc) is 3.21. The van der Waals surface area contributed by atoms with Crippen molar-refractivity contribution in [3.8, 4) is 11.5 Å². The number of nitrogens with one attached hydrogen (secondary N) is 1. The maximum Gasteiger partial charge on any atom is 0.422 e. The summed E-state index contributed by atoms with van der Waals surface area (Å²) < 4.78 is 47.8. The quantitative estimate of drug-likeness (QED) is 0.364. The van der Waals surface area contributed by atoms with E-state index in [0.717, 1.165) is 36.0 Å². The van der Waals surface area contributed by atoms with Crippen LogP contribution in [-0.2, 0) is 12.8 Å². The fraction of sp³-hybridized carbons (Fsp3) is 0.500. The number of halogens is 3. The van der Waals surface area contributed by atoms with E-state index < -0.39 is 18.7 Å². The molecule has 192 valence electrons. The maximum atomic E-state index is 12.4. The number of aliphatic hydroxyl groups excluding tert-OH is 1. The number of para-hydroxylation sites is 2. The van der Waals surface area contributed by atoms with Gasteiger partial charge in [0.15, 0.2) is 18.1 Å². The number of fused-ring (bicyclic) bond motifs is 1. The molecule has 3 rings (SSSR count). The van der Waals surface area contributed by atoms with Crippen molar-refractivity contribution in [3.05, 3.63) is 58.7 Å². The number of aliphatic hydroxyl groups is 1. The number of hydrogen-bond donors (Lipinski definition) is 3. The minimum Gasteiger partial charge on any atom is -0.488 e. The van der Waals surface area contributed by atoms with Gasteiger partial charge in [-0.1, -0.05) is 18.2 Å². The van der Waals surface area contributed by atoms with Crippen LogP contribution in [0, 0.1) is 0 Å². The second kappa shape index (κ2) is 12.3. The van der Waals surface area contributed by atoms with Gasteiger partial charge in [-0.2, -0.15) is 13.2 Å². The lowest BCUT2D eigenvalue weighted by Gasteiger charge is -2.18. The zero-order valence-corrected chi connectivity index (χ0v) is 19.9. The van der Waals surface area contributed by atoms with Gasteiger partial charge < -0.3 is 25.6 Å². The molecule has 0 aromatic heterocycles. The molecule has 0 radical (unpaired) electrons. The number of nitrogens with two attached hydrogens (primary N) is 1. The van der Waals surface area contributed by atoms with Crippen LogP contribution in [0.25, 0.3) is 0 Å². The highest BCUT2D eigenvalue weighted by molar-refractivity contribution is 5.95. The predicted molar refractivity (Wildman–Crippen MR) is 127 cm³/mol. The maximum absolute atomic E-state index is 12.4. The Bertz CT molecular complexity index is 997. The zero-order valence-electron chi connectivity index (χ0n) is 19.9. The third-order valence-corrected chi connectivity index (χ3v) is 6.11. The van der Waals surface area contributed by atoms with Gasteiger partial charge in [0, 0.05) is 24.8 Å². The number of primary amides is 1. The summed E-state index contributed by atoms with van der Waals surface area (Å²) in [5.41, 5.74) is 9.48. The molecule has 2 aromatic rings. The first kappa shape index (κ1) is 26.8. The van der Waals surface area contributed by atoms with Gasteiger partial charge in [0.05, 0.1) is 0 Å². The van der Waals surface area contributed by atoms with Crippen molar-refractivity contribution >= 4 is 5.91 Å². The smallest absolute Gasteiger partial charge is 0.422 e. The molecule has 0 bridgehead atoms. The topological polar surface area (TPSA) is 93.8 Å². The highest BCUT2D eigenvalue weighted by Crippen LogP contribution is 2.39. The van der Waals surface area contributed by atoms with E-state index in [1.54, 1.807) is 18.2 Å². The van der Waals surface area contributed by atoms with Crippen molar-refractivity contribution in [1.82, 2.24) is 5.32 Å². The van der Waals surface area contributed by atoms with Crippen LogP contribution in [0.2, 0.25) is 0 Å². The Morgan fingerprint density at radius 2 is 1.94 bits per heavy atom. The summed E-state index contributed by atoms with van der Waals surface area (Å²) in [5, 5.41) is 12.5. The van der Waals surface area contributed by atoms with Crippen molar-refractivity contribution < 1.29 is 32.5 Å². The Kier molecular flexibility index (Phi) is 9.40. The Morgan fingerprint density at radius 3 is 2.60 bits per heavy atom. The fourth-order valence-electron chi connectivity index (χ4n) is 4.63. The summed E-state index contributed by atoms with van der Waals surface area (Å²) in [6, 6.07) is 10.4. The van der Waals surface area contributed by atoms with Crippen LogP contribution >= 0.6 is 0 Å². The summed E-state index contributed by atoms with van der Waals surface area (Å²) in [7, 11) is 0. The van der Waals surface area contributed by atoms with Crippen molar-refractivity contribution in [2.75, 3.05) is 26.4 Å². The monoisotopic (exact) mass is 494 g/mol. The van der Waals surface area contributed by atoms with Crippen LogP contribution in [0.1, 0.15) is 59.2 Å². The largest absolute Gasteiger partial charge is 0.488 e. The van der Waals surface area contributed by atoms with Crippen LogP contribution in [0.15, 0.2) is 36.4 Å². The van der Waals surface area contributed by atoms with Crippen LogP contribution in [-0.4, -0.2) is 49.6 Å². The number of benzene rings is 2. The van der Waals surface area contributed by atoms with Crippen LogP contribution < -0.4 is 20.5 Å². The number of amides is 1. The van der Waals surface area contributed by atoms with Gasteiger partial charge in [0.2, 0.25) is 5.91 Å². The molecule has 0 fully saturated rings. The van der Waals surface area contributed by atoms with Crippen molar-refractivity contribution in [1.29, 1.82) is 0 Å². The highest BCUT2D eigenvalue weighted by atomic mass is 19.4. The molecule has 1 aliphatic carbocycles. The summed E-state index contributed by atoms with van der Waals surface area (Å²) in [4.78, 5) is 12.2. The highest BCUT2D eigenvalue weighted by Gasteiger charge is 2.29. The lowest BCUT2D eigenvalue weighted by atomic mass is 9.89. The second-order valence-corrected chi connectivity index (χ2v) is 8.94. The van der Waals surface area contributed by atoms with Crippen molar-refractivity contribution in [3.63, 3.8) is 0 Å². The van der Waals surface area contributed by atoms with E-state index in [9.17, 15) is 18.0 Å². The molecule has 6 nitrogen and oxygen atoms in total.